The third kappa shape index (κ3) is 5.85. The minimum atomic E-state index is -2.69. The van der Waals surface area contributed by atoms with Gasteiger partial charge < -0.3 is 14.4 Å². The van der Waals surface area contributed by atoms with Crippen LogP contribution in [0.25, 0.3) is 0 Å². The number of nitrogens with one attached hydrogen (secondary N) is 1. The summed E-state index contributed by atoms with van der Waals surface area (Å²) in [6, 6.07) is 12.8. The number of carbonyl (C=O) groups is 1. The predicted molar refractivity (Wildman–Crippen MR) is 104 cm³/mol. The van der Waals surface area contributed by atoms with E-state index in [0.29, 0.717) is 24.8 Å². The molecule has 2 heterocycles. The van der Waals surface area contributed by atoms with E-state index >= 15 is 0 Å². The fourth-order valence-corrected chi connectivity index (χ4v) is 3.00. The molecule has 3 rings (SSSR count). The zero-order valence-corrected chi connectivity index (χ0v) is 15.9. The monoisotopic (exact) mass is 406 g/mol. The Morgan fingerprint density at radius 1 is 1.14 bits per heavy atom. The Bertz CT molecular complexity index is 811. The quantitative estimate of drug-likeness (QED) is 0.303. The van der Waals surface area contributed by atoms with E-state index in [0.717, 1.165) is 5.56 Å². The zero-order chi connectivity index (χ0) is 20.7. The lowest BCUT2D eigenvalue weighted by Crippen LogP contribution is -2.40. The predicted octanol–water partition coefficient (Wildman–Crippen LogP) is 2.52. The van der Waals surface area contributed by atoms with Gasteiger partial charge in [-0.3, -0.25) is 10.2 Å². The highest BCUT2D eigenvalue weighted by Gasteiger charge is 2.35. The van der Waals surface area contributed by atoms with Crippen LogP contribution in [0.4, 0.5) is 14.6 Å². The Labute approximate surface area is 167 Å². The van der Waals surface area contributed by atoms with Crippen molar-refractivity contribution >= 4 is 11.7 Å². The van der Waals surface area contributed by atoms with Crippen LogP contribution in [0.5, 0.6) is 5.75 Å². The number of nitrogens with two attached hydrogens (primary N) is 1. The van der Waals surface area contributed by atoms with E-state index in [9.17, 15) is 13.6 Å². The first-order valence-electron chi connectivity index (χ1n) is 9.38. The normalized spacial score (nSPS) is 15.8. The molecule has 1 aromatic carbocycles. The second kappa shape index (κ2) is 9.62. The summed E-state index contributed by atoms with van der Waals surface area (Å²) in [5.41, 5.74) is 3.17. The van der Waals surface area contributed by atoms with Gasteiger partial charge in [-0.2, -0.15) is 0 Å². The molecule has 3 N–H and O–H groups in total. The van der Waals surface area contributed by atoms with Crippen LogP contribution in [0.3, 0.4) is 0 Å². The number of halogens is 2. The number of benzene rings is 1. The molecular weight excluding hydrogens is 382 g/mol. The van der Waals surface area contributed by atoms with E-state index in [1.54, 1.807) is 11.0 Å². The Morgan fingerprint density at radius 3 is 2.55 bits per heavy atom. The van der Waals surface area contributed by atoms with E-state index in [2.05, 4.69) is 4.98 Å². The average Bonchev–Trinajstić information content (AvgIpc) is 2.74. The number of alkyl halides is 2. The van der Waals surface area contributed by atoms with Gasteiger partial charge in [-0.15, -0.1) is 0 Å². The summed E-state index contributed by atoms with van der Waals surface area (Å²) in [5.74, 6) is 2.68. The van der Waals surface area contributed by atoms with Crippen molar-refractivity contribution in [2.75, 3.05) is 31.2 Å². The number of hydrogen-bond acceptors (Lipinski definition) is 6. The highest BCUT2D eigenvalue weighted by Crippen LogP contribution is 2.34. The summed E-state index contributed by atoms with van der Waals surface area (Å²) in [6.45, 7) is 1.31. The molecular formula is C20H24F2N4O3. The van der Waals surface area contributed by atoms with Crippen LogP contribution in [-0.4, -0.2) is 43.1 Å². The fourth-order valence-electron chi connectivity index (χ4n) is 3.00. The molecule has 1 fully saturated rings. The van der Waals surface area contributed by atoms with Crippen molar-refractivity contribution in [3.63, 3.8) is 0 Å². The molecule has 9 heteroatoms. The summed E-state index contributed by atoms with van der Waals surface area (Å²) in [4.78, 5) is 17.8. The SMILES string of the molecule is NNC(=O)c1ccc(OCCOCc2ccccc2)c(N2CCC(F)(F)CC2)n1. The number of nitrogens with zero attached hydrogens (tertiary/aromatic N) is 2. The first kappa shape index (κ1) is 20.9. The van der Waals surface area contributed by atoms with E-state index in [1.165, 1.54) is 6.07 Å². The van der Waals surface area contributed by atoms with Crippen molar-refractivity contribution in [1.82, 2.24) is 10.4 Å². The van der Waals surface area contributed by atoms with E-state index < -0.39 is 11.8 Å². The van der Waals surface area contributed by atoms with Crippen LogP contribution < -0.4 is 20.9 Å². The largest absolute Gasteiger partial charge is 0.487 e. The summed E-state index contributed by atoms with van der Waals surface area (Å²) in [6.07, 6.45) is -0.552. The molecule has 0 aliphatic carbocycles. The number of hydrazine groups is 1. The molecule has 1 saturated heterocycles. The van der Waals surface area contributed by atoms with Gasteiger partial charge in [0.25, 0.3) is 11.8 Å². The molecule has 1 aromatic heterocycles. The van der Waals surface area contributed by atoms with Crippen molar-refractivity contribution in [3.8, 4) is 5.75 Å². The van der Waals surface area contributed by atoms with Gasteiger partial charge in [-0.05, 0) is 17.7 Å². The summed E-state index contributed by atoms with van der Waals surface area (Å²) >= 11 is 0. The second-order valence-electron chi connectivity index (χ2n) is 6.72. The van der Waals surface area contributed by atoms with Gasteiger partial charge in [-0.25, -0.2) is 19.6 Å². The summed E-state index contributed by atoms with van der Waals surface area (Å²) in [7, 11) is 0. The molecule has 7 nitrogen and oxygen atoms in total. The minimum absolute atomic E-state index is 0.0903. The Kier molecular flexibility index (Phi) is 6.95. The van der Waals surface area contributed by atoms with Crippen LogP contribution in [0, 0.1) is 0 Å². The van der Waals surface area contributed by atoms with Gasteiger partial charge >= 0.3 is 0 Å². The highest BCUT2D eigenvalue weighted by atomic mass is 19.3. The van der Waals surface area contributed by atoms with E-state index in [1.807, 2.05) is 35.8 Å². The van der Waals surface area contributed by atoms with Gasteiger partial charge in [0.2, 0.25) is 0 Å². The third-order valence-electron chi connectivity index (χ3n) is 4.59. The van der Waals surface area contributed by atoms with Gasteiger partial charge in [0, 0.05) is 25.9 Å². The van der Waals surface area contributed by atoms with Crippen molar-refractivity contribution in [2.45, 2.75) is 25.4 Å². The molecule has 0 bridgehead atoms. The lowest BCUT2D eigenvalue weighted by Gasteiger charge is -2.33. The number of amides is 1. The molecule has 0 unspecified atom stereocenters. The average molecular weight is 406 g/mol. The van der Waals surface area contributed by atoms with Crippen LogP contribution in [0.15, 0.2) is 42.5 Å². The second-order valence-corrected chi connectivity index (χ2v) is 6.72. The van der Waals surface area contributed by atoms with Crippen LogP contribution >= 0.6 is 0 Å². The highest BCUT2D eigenvalue weighted by molar-refractivity contribution is 5.92. The number of carbonyl (C=O) groups excluding carboxylic acids is 1. The maximum absolute atomic E-state index is 13.5. The molecule has 1 amide bonds. The lowest BCUT2D eigenvalue weighted by molar-refractivity contribution is -0.0222. The Hall–Kier alpha value is -2.78. The molecule has 0 spiro atoms. The molecule has 1 aliphatic heterocycles. The molecule has 156 valence electrons. The molecule has 0 radical (unpaired) electrons. The Balaban J connectivity index is 1.62. The zero-order valence-electron chi connectivity index (χ0n) is 15.9. The number of aromatic nitrogens is 1. The fraction of sp³-hybridized carbons (Fsp3) is 0.400. The van der Waals surface area contributed by atoms with Crippen molar-refractivity contribution in [1.29, 1.82) is 0 Å². The minimum Gasteiger partial charge on any atom is -0.487 e. The number of rotatable bonds is 8. The van der Waals surface area contributed by atoms with Crippen molar-refractivity contribution in [2.24, 2.45) is 5.84 Å². The number of piperidine rings is 1. The number of pyridine rings is 1. The molecule has 0 atom stereocenters. The van der Waals surface area contributed by atoms with Crippen LogP contribution in [0.2, 0.25) is 0 Å². The van der Waals surface area contributed by atoms with E-state index in [-0.39, 0.29) is 38.2 Å². The number of ether oxygens (including phenoxy) is 2. The third-order valence-corrected chi connectivity index (χ3v) is 4.59. The number of nitrogen functional groups attached to an aromatic ring is 1. The molecule has 1 aliphatic rings. The Morgan fingerprint density at radius 2 is 1.86 bits per heavy atom. The van der Waals surface area contributed by atoms with E-state index in [4.69, 9.17) is 15.3 Å². The van der Waals surface area contributed by atoms with Crippen LogP contribution in [-0.2, 0) is 11.3 Å². The summed E-state index contributed by atoms with van der Waals surface area (Å²) in [5, 5.41) is 0. The van der Waals surface area contributed by atoms with Gasteiger partial charge in [0.1, 0.15) is 12.3 Å². The first-order valence-corrected chi connectivity index (χ1v) is 9.38. The van der Waals surface area contributed by atoms with Crippen LogP contribution in [0.1, 0.15) is 28.9 Å². The maximum Gasteiger partial charge on any atom is 0.283 e. The van der Waals surface area contributed by atoms with Gasteiger partial charge in [-0.1, -0.05) is 30.3 Å². The van der Waals surface area contributed by atoms with Crippen molar-refractivity contribution in [3.05, 3.63) is 53.7 Å². The molecule has 2 aromatic rings. The summed E-state index contributed by atoms with van der Waals surface area (Å²) < 4.78 is 38.4. The molecule has 29 heavy (non-hydrogen) atoms. The first-order chi connectivity index (χ1) is 14.0. The van der Waals surface area contributed by atoms with Crippen molar-refractivity contribution < 1.29 is 23.0 Å². The topological polar surface area (TPSA) is 89.7 Å². The van der Waals surface area contributed by atoms with Gasteiger partial charge in [0.15, 0.2) is 11.6 Å². The van der Waals surface area contributed by atoms with Gasteiger partial charge in [0.05, 0.1) is 13.2 Å². The smallest absolute Gasteiger partial charge is 0.283 e. The standard InChI is InChI=1S/C20H24F2N4O3/c21-20(22)8-10-26(11-9-20)18-17(7-6-16(24-18)19(27)25-23)29-13-12-28-14-15-4-2-1-3-5-15/h1-7H,8-14,23H2,(H,25,27). The lowest BCUT2D eigenvalue weighted by atomic mass is 10.1. The number of hydrogen-bond donors (Lipinski definition) is 2. The maximum atomic E-state index is 13.5. The molecule has 0 saturated carbocycles. The number of anilines is 1.